The van der Waals surface area contributed by atoms with Gasteiger partial charge in [0.15, 0.2) is 0 Å². The van der Waals surface area contributed by atoms with Crippen molar-refractivity contribution in [3.8, 4) is 0 Å². The second kappa shape index (κ2) is 5.76. The van der Waals surface area contributed by atoms with Crippen molar-refractivity contribution in [2.45, 2.75) is 18.8 Å². The molecule has 1 saturated heterocycles. The molecule has 116 valence electrons. The van der Waals surface area contributed by atoms with Crippen molar-refractivity contribution >= 4 is 5.69 Å². The molecule has 0 saturated carbocycles. The average Bonchev–Trinajstić information content (AvgIpc) is 3.15. The first-order chi connectivity index (χ1) is 10.8. The molecule has 0 amide bonds. The summed E-state index contributed by atoms with van der Waals surface area (Å²) < 4.78 is 1.89. The van der Waals surface area contributed by atoms with Crippen LogP contribution in [0, 0.1) is 0 Å². The van der Waals surface area contributed by atoms with Crippen LogP contribution in [0.5, 0.6) is 0 Å². The van der Waals surface area contributed by atoms with Crippen LogP contribution in [0.4, 0.5) is 5.69 Å². The van der Waals surface area contributed by atoms with Gasteiger partial charge in [-0.15, -0.1) is 0 Å². The predicted octanol–water partition coefficient (Wildman–Crippen LogP) is 2.27. The summed E-state index contributed by atoms with van der Waals surface area (Å²) in [4.78, 5) is 5.09. The van der Waals surface area contributed by atoms with E-state index in [1.165, 1.54) is 25.1 Å². The molecule has 4 nitrogen and oxygen atoms in total. The van der Waals surface area contributed by atoms with Crippen LogP contribution in [0.2, 0.25) is 0 Å². The molecule has 1 fully saturated rings. The molecule has 0 radical (unpaired) electrons. The van der Waals surface area contributed by atoms with Gasteiger partial charge in [-0.05, 0) is 29.9 Å². The van der Waals surface area contributed by atoms with Gasteiger partial charge >= 0.3 is 0 Å². The molecule has 2 heterocycles. The molecule has 22 heavy (non-hydrogen) atoms. The molecule has 4 rings (SSSR count). The zero-order valence-corrected chi connectivity index (χ0v) is 13.3. The van der Waals surface area contributed by atoms with Gasteiger partial charge in [0, 0.05) is 46.0 Å². The van der Waals surface area contributed by atoms with Gasteiger partial charge in [0.2, 0.25) is 0 Å². The third kappa shape index (κ3) is 2.63. The fourth-order valence-corrected chi connectivity index (χ4v) is 3.91. The summed E-state index contributed by atoms with van der Waals surface area (Å²) in [5, 5.41) is 4.28. The van der Waals surface area contributed by atoms with Crippen LogP contribution in [0.25, 0.3) is 0 Å². The number of benzene rings is 1. The molecule has 0 bridgehead atoms. The fourth-order valence-electron chi connectivity index (χ4n) is 3.91. The first kappa shape index (κ1) is 13.8. The van der Waals surface area contributed by atoms with E-state index in [9.17, 15) is 0 Å². The van der Waals surface area contributed by atoms with E-state index < -0.39 is 0 Å². The van der Waals surface area contributed by atoms with Crippen LogP contribution in [-0.4, -0.2) is 47.4 Å². The van der Waals surface area contributed by atoms with E-state index in [4.69, 9.17) is 0 Å². The Hall–Kier alpha value is -1.81. The van der Waals surface area contributed by atoms with Gasteiger partial charge < -0.3 is 4.90 Å². The standard InChI is InChI=1S/C18H24N4/c1-20-14-17(12-19-20)22-10-8-21(9-11-22)13-16-7-6-15-4-2-3-5-18(15)16/h2-5,12,14,16H,6-11,13H2,1H3. The van der Waals surface area contributed by atoms with E-state index in [1.54, 1.807) is 11.1 Å². The number of anilines is 1. The van der Waals surface area contributed by atoms with Gasteiger partial charge in [-0.2, -0.15) is 5.10 Å². The van der Waals surface area contributed by atoms with Crippen molar-refractivity contribution in [2.24, 2.45) is 7.05 Å². The molecule has 1 aliphatic carbocycles. The van der Waals surface area contributed by atoms with Crippen molar-refractivity contribution in [1.29, 1.82) is 0 Å². The molecular weight excluding hydrogens is 272 g/mol. The minimum absolute atomic E-state index is 0.737. The van der Waals surface area contributed by atoms with Gasteiger partial charge in [0.25, 0.3) is 0 Å². The van der Waals surface area contributed by atoms with Crippen LogP contribution < -0.4 is 4.90 Å². The van der Waals surface area contributed by atoms with Crippen LogP contribution in [0.3, 0.4) is 0 Å². The summed E-state index contributed by atoms with van der Waals surface area (Å²) in [5.74, 6) is 0.737. The summed E-state index contributed by atoms with van der Waals surface area (Å²) in [5.41, 5.74) is 4.42. The number of rotatable bonds is 3. The third-order valence-corrected chi connectivity index (χ3v) is 5.16. The van der Waals surface area contributed by atoms with E-state index in [0.717, 1.165) is 32.1 Å². The summed E-state index contributed by atoms with van der Waals surface area (Å²) >= 11 is 0. The maximum Gasteiger partial charge on any atom is 0.0753 e. The van der Waals surface area contributed by atoms with E-state index in [-0.39, 0.29) is 0 Å². The van der Waals surface area contributed by atoms with Gasteiger partial charge in [0.1, 0.15) is 0 Å². The Balaban J connectivity index is 1.35. The number of hydrogen-bond acceptors (Lipinski definition) is 3. The summed E-state index contributed by atoms with van der Waals surface area (Å²) in [6.07, 6.45) is 6.67. The number of piperazine rings is 1. The molecule has 1 aromatic heterocycles. The van der Waals surface area contributed by atoms with Gasteiger partial charge in [-0.25, -0.2) is 0 Å². The van der Waals surface area contributed by atoms with E-state index in [0.29, 0.717) is 0 Å². The maximum atomic E-state index is 4.28. The Labute approximate surface area is 132 Å². The van der Waals surface area contributed by atoms with E-state index in [1.807, 2.05) is 17.9 Å². The van der Waals surface area contributed by atoms with Crippen molar-refractivity contribution in [3.63, 3.8) is 0 Å². The van der Waals surface area contributed by atoms with Crippen molar-refractivity contribution < 1.29 is 0 Å². The van der Waals surface area contributed by atoms with Crippen LogP contribution in [0.15, 0.2) is 36.7 Å². The van der Waals surface area contributed by atoms with Crippen molar-refractivity contribution in [1.82, 2.24) is 14.7 Å². The number of nitrogens with zero attached hydrogens (tertiary/aromatic N) is 4. The molecule has 0 N–H and O–H groups in total. The SMILES string of the molecule is Cn1cc(N2CCN(CC3CCc4ccccc43)CC2)cn1. The molecular formula is C18H24N4. The molecule has 2 aromatic rings. The highest BCUT2D eigenvalue weighted by Crippen LogP contribution is 2.33. The zero-order valence-electron chi connectivity index (χ0n) is 13.3. The summed E-state index contributed by atoms with van der Waals surface area (Å²) in [6.45, 7) is 5.76. The lowest BCUT2D eigenvalue weighted by atomic mass is 10.0. The van der Waals surface area contributed by atoms with Gasteiger partial charge in [-0.1, -0.05) is 24.3 Å². The average molecular weight is 296 g/mol. The lowest BCUT2D eigenvalue weighted by Gasteiger charge is -2.36. The van der Waals surface area contributed by atoms with Gasteiger partial charge in [0.05, 0.1) is 11.9 Å². The second-order valence-corrected chi connectivity index (χ2v) is 6.59. The van der Waals surface area contributed by atoms with Crippen molar-refractivity contribution in [2.75, 3.05) is 37.6 Å². The predicted molar refractivity (Wildman–Crippen MR) is 89.4 cm³/mol. The lowest BCUT2D eigenvalue weighted by Crippen LogP contribution is -2.47. The minimum atomic E-state index is 0.737. The normalized spacial score (nSPS) is 22.0. The number of aryl methyl sites for hydroxylation is 2. The summed E-state index contributed by atoms with van der Waals surface area (Å²) in [7, 11) is 1.98. The minimum Gasteiger partial charge on any atom is -0.366 e. The Morgan fingerprint density at radius 1 is 1.14 bits per heavy atom. The third-order valence-electron chi connectivity index (χ3n) is 5.16. The molecule has 1 aromatic carbocycles. The monoisotopic (exact) mass is 296 g/mol. The smallest absolute Gasteiger partial charge is 0.0753 e. The van der Waals surface area contributed by atoms with Crippen LogP contribution in [-0.2, 0) is 13.5 Å². The molecule has 1 atom stereocenters. The molecule has 1 unspecified atom stereocenters. The Morgan fingerprint density at radius 3 is 2.73 bits per heavy atom. The van der Waals surface area contributed by atoms with Crippen LogP contribution in [0.1, 0.15) is 23.5 Å². The molecule has 1 aliphatic heterocycles. The highest BCUT2D eigenvalue weighted by Gasteiger charge is 2.26. The summed E-state index contributed by atoms with van der Waals surface area (Å²) in [6, 6.07) is 9.00. The quantitative estimate of drug-likeness (QED) is 0.868. The largest absolute Gasteiger partial charge is 0.366 e. The Kier molecular flexibility index (Phi) is 3.62. The number of aromatic nitrogens is 2. The zero-order chi connectivity index (χ0) is 14.9. The van der Waals surface area contributed by atoms with Gasteiger partial charge in [-0.3, -0.25) is 9.58 Å². The molecule has 2 aliphatic rings. The first-order valence-electron chi connectivity index (χ1n) is 8.33. The Morgan fingerprint density at radius 2 is 1.95 bits per heavy atom. The maximum absolute atomic E-state index is 4.28. The highest BCUT2D eigenvalue weighted by molar-refractivity contribution is 5.42. The number of hydrogen-bond donors (Lipinski definition) is 0. The van der Waals surface area contributed by atoms with Crippen molar-refractivity contribution in [3.05, 3.63) is 47.8 Å². The Bertz CT molecular complexity index is 640. The highest BCUT2D eigenvalue weighted by atomic mass is 15.3. The van der Waals surface area contributed by atoms with E-state index in [2.05, 4.69) is 45.4 Å². The topological polar surface area (TPSA) is 24.3 Å². The molecule has 0 spiro atoms. The molecule has 4 heteroatoms. The lowest BCUT2D eigenvalue weighted by molar-refractivity contribution is 0.241. The second-order valence-electron chi connectivity index (χ2n) is 6.59. The fraction of sp³-hybridized carbons (Fsp3) is 0.500. The van der Waals surface area contributed by atoms with E-state index >= 15 is 0 Å². The first-order valence-corrected chi connectivity index (χ1v) is 8.33. The van der Waals surface area contributed by atoms with Crippen LogP contribution >= 0.6 is 0 Å². The number of fused-ring (bicyclic) bond motifs is 1.